The molecule has 0 radical (unpaired) electrons. The molecule has 0 aliphatic carbocycles. The standard InChI is InChI=1S/C14H19ClN2OS/c1-9(5-13(16)19)17(2)8-11-7-12(15)6-10-3-4-18-14(10)11/h6-7,9H,3-5,8H2,1-2H3,(H2,16,19). The Balaban J connectivity index is 2.13. The largest absolute Gasteiger partial charge is 0.493 e. The maximum absolute atomic E-state index is 6.16. The second-order valence-corrected chi connectivity index (χ2v) is 6.05. The van der Waals surface area contributed by atoms with Crippen LogP contribution in [0.5, 0.6) is 5.75 Å². The lowest BCUT2D eigenvalue weighted by molar-refractivity contribution is 0.250. The van der Waals surface area contributed by atoms with Crippen LogP contribution in [-0.2, 0) is 13.0 Å². The number of thiocarbonyl (C=S) groups is 1. The van der Waals surface area contributed by atoms with Crippen molar-refractivity contribution in [3.63, 3.8) is 0 Å². The zero-order valence-corrected chi connectivity index (χ0v) is 12.9. The first-order valence-corrected chi connectivity index (χ1v) is 7.18. The van der Waals surface area contributed by atoms with Gasteiger partial charge in [0.15, 0.2) is 0 Å². The lowest BCUT2D eigenvalue weighted by atomic mass is 10.1. The van der Waals surface area contributed by atoms with E-state index in [1.54, 1.807) is 0 Å². The summed E-state index contributed by atoms with van der Waals surface area (Å²) in [7, 11) is 2.06. The zero-order valence-electron chi connectivity index (χ0n) is 11.3. The first kappa shape index (κ1) is 14.6. The lowest BCUT2D eigenvalue weighted by Gasteiger charge is -2.25. The maximum atomic E-state index is 6.16. The first-order chi connectivity index (χ1) is 8.97. The van der Waals surface area contributed by atoms with Crippen LogP contribution < -0.4 is 10.5 Å². The molecule has 3 nitrogen and oxygen atoms in total. The maximum Gasteiger partial charge on any atom is 0.127 e. The Kier molecular flexibility index (Phi) is 4.66. The minimum atomic E-state index is 0.300. The number of hydrogen-bond donors (Lipinski definition) is 1. The van der Waals surface area contributed by atoms with Crippen LogP contribution in [0.2, 0.25) is 5.02 Å². The monoisotopic (exact) mass is 298 g/mol. The molecule has 0 saturated carbocycles. The van der Waals surface area contributed by atoms with Crippen molar-refractivity contribution >= 4 is 28.8 Å². The van der Waals surface area contributed by atoms with Crippen molar-refractivity contribution in [2.45, 2.75) is 32.4 Å². The third-order valence-electron chi connectivity index (χ3n) is 3.49. The fraction of sp³-hybridized carbons (Fsp3) is 0.500. The van der Waals surface area contributed by atoms with Crippen molar-refractivity contribution in [1.29, 1.82) is 0 Å². The Labute approximate surface area is 124 Å². The van der Waals surface area contributed by atoms with E-state index in [1.165, 1.54) is 5.56 Å². The van der Waals surface area contributed by atoms with Crippen molar-refractivity contribution in [1.82, 2.24) is 4.90 Å². The molecule has 1 heterocycles. The molecular weight excluding hydrogens is 280 g/mol. The molecule has 1 aromatic carbocycles. The molecule has 2 N–H and O–H groups in total. The van der Waals surface area contributed by atoms with E-state index < -0.39 is 0 Å². The predicted octanol–water partition coefficient (Wildman–Crippen LogP) is 2.77. The Hall–Kier alpha value is -0.840. The lowest BCUT2D eigenvalue weighted by Crippen LogP contribution is -2.32. The molecule has 2 rings (SSSR count). The molecule has 1 atom stereocenters. The van der Waals surface area contributed by atoms with Crippen LogP contribution in [0.3, 0.4) is 0 Å². The van der Waals surface area contributed by atoms with Gasteiger partial charge in [0.05, 0.1) is 11.6 Å². The van der Waals surface area contributed by atoms with E-state index in [2.05, 4.69) is 18.9 Å². The Morgan fingerprint density at radius 1 is 1.58 bits per heavy atom. The van der Waals surface area contributed by atoms with E-state index in [0.717, 1.165) is 42.3 Å². The van der Waals surface area contributed by atoms with Crippen molar-refractivity contribution in [2.75, 3.05) is 13.7 Å². The van der Waals surface area contributed by atoms with Gasteiger partial charge in [0, 0.05) is 36.0 Å². The van der Waals surface area contributed by atoms with Crippen LogP contribution in [0, 0.1) is 0 Å². The highest BCUT2D eigenvalue weighted by molar-refractivity contribution is 7.80. The summed E-state index contributed by atoms with van der Waals surface area (Å²) in [5, 5.41) is 0.773. The number of ether oxygens (including phenoxy) is 1. The van der Waals surface area contributed by atoms with Crippen LogP contribution in [0.25, 0.3) is 0 Å². The average Bonchev–Trinajstić information content (AvgIpc) is 2.75. The number of rotatable bonds is 5. The Morgan fingerprint density at radius 3 is 3.00 bits per heavy atom. The van der Waals surface area contributed by atoms with Gasteiger partial charge in [0.1, 0.15) is 5.75 Å². The molecule has 104 valence electrons. The molecule has 1 unspecified atom stereocenters. The van der Waals surface area contributed by atoms with E-state index in [9.17, 15) is 0 Å². The van der Waals surface area contributed by atoms with E-state index in [-0.39, 0.29) is 0 Å². The van der Waals surface area contributed by atoms with Gasteiger partial charge in [0.2, 0.25) is 0 Å². The predicted molar refractivity (Wildman–Crippen MR) is 83.0 cm³/mol. The highest BCUT2D eigenvalue weighted by atomic mass is 35.5. The quantitative estimate of drug-likeness (QED) is 0.849. The van der Waals surface area contributed by atoms with Crippen LogP contribution in [-0.4, -0.2) is 29.6 Å². The summed E-state index contributed by atoms with van der Waals surface area (Å²) in [6.07, 6.45) is 1.66. The van der Waals surface area contributed by atoms with Crippen molar-refractivity contribution in [2.24, 2.45) is 5.73 Å². The third-order valence-corrected chi connectivity index (χ3v) is 3.88. The van der Waals surface area contributed by atoms with Gasteiger partial charge in [-0.1, -0.05) is 23.8 Å². The molecular formula is C14H19ClN2OS. The Bertz CT molecular complexity index is 493. The van der Waals surface area contributed by atoms with Gasteiger partial charge in [-0.2, -0.15) is 0 Å². The van der Waals surface area contributed by atoms with Crippen molar-refractivity contribution in [3.05, 3.63) is 28.3 Å². The number of nitrogens with zero attached hydrogens (tertiary/aromatic N) is 1. The second kappa shape index (κ2) is 6.07. The molecule has 0 fully saturated rings. The highest BCUT2D eigenvalue weighted by Crippen LogP contribution is 2.33. The topological polar surface area (TPSA) is 38.5 Å². The normalized spacial score (nSPS) is 15.2. The van der Waals surface area contributed by atoms with Crippen molar-refractivity contribution < 1.29 is 4.74 Å². The van der Waals surface area contributed by atoms with Gasteiger partial charge < -0.3 is 10.5 Å². The van der Waals surface area contributed by atoms with Crippen LogP contribution in [0.15, 0.2) is 12.1 Å². The molecule has 5 heteroatoms. The van der Waals surface area contributed by atoms with Gasteiger partial charge in [0.25, 0.3) is 0 Å². The SMILES string of the molecule is CC(CC(N)=S)N(C)Cc1cc(Cl)cc2c1OCC2. The molecule has 1 aliphatic heterocycles. The number of benzene rings is 1. The fourth-order valence-corrected chi connectivity index (χ4v) is 2.84. The molecule has 0 spiro atoms. The molecule has 0 aromatic heterocycles. The summed E-state index contributed by atoms with van der Waals surface area (Å²) in [5.41, 5.74) is 7.94. The van der Waals surface area contributed by atoms with E-state index in [0.29, 0.717) is 11.0 Å². The van der Waals surface area contributed by atoms with Gasteiger partial charge in [-0.05, 0) is 31.7 Å². The van der Waals surface area contributed by atoms with E-state index >= 15 is 0 Å². The molecule has 19 heavy (non-hydrogen) atoms. The van der Waals surface area contributed by atoms with Crippen molar-refractivity contribution in [3.8, 4) is 5.75 Å². The third kappa shape index (κ3) is 3.59. The van der Waals surface area contributed by atoms with E-state index in [4.69, 9.17) is 34.3 Å². The smallest absolute Gasteiger partial charge is 0.127 e. The number of fused-ring (bicyclic) bond motifs is 1. The molecule has 0 amide bonds. The summed E-state index contributed by atoms with van der Waals surface area (Å²) < 4.78 is 5.71. The van der Waals surface area contributed by atoms with Gasteiger partial charge in [-0.3, -0.25) is 4.90 Å². The van der Waals surface area contributed by atoms with Crippen LogP contribution in [0.1, 0.15) is 24.5 Å². The van der Waals surface area contributed by atoms with E-state index in [1.807, 2.05) is 12.1 Å². The van der Waals surface area contributed by atoms with Gasteiger partial charge in [-0.15, -0.1) is 0 Å². The molecule has 0 saturated heterocycles. The number of hydrogen-bond acceptors (Lipinski definition) is 3. The molecule has 0 bridgehead atoms. The molecule has 1 aliphatic rings. The fourth-order valence-electron chi connectivity index (χ4n) is 2.33. The average molecular weight is 299 g/mol. The van der Waals surface area contributed by atoms with Crippen LogP contribution >= 0.6 is 23.8 Å². The first-order valence-electron chi connectivity index (χ1n) is 6.40. The summed E-state index contributed by atoms with van der Waals surface area (Å²) in [5.74, 6) is 0.999. The number of nitrogens with two attached hydrogens (primary N) is 1. The summed E-state index contributed by atoms with van der Waals surface area (Å²) in [6.45, 7) is 3.65. The highest BCUT2D eigenvalue weighted by Gasteiger charge is 2.20. The van der Waals surface area contributed by atoms with Gasteiger partial charge in [-0.25, -0.2) is 0 Å². The number of halogens is 1. The van der Waals surface area contributed by atoms with Gasteiger partial charge >= 0.3 is 0 Å². The minimum Gasteiger partial charge on any atom is -0.493 e. The Morgan fingerprint density at radius 2 is 2.32 bits per heavy atom. The van der Waals surface area contributed by atoms with Crippen LogP contribution in [0.4, 0.5) is 0 Å². The summed E-state index contributed by atoms with van der Waals surface area (Å²) >= 11 is 11.1. The summed E-state index contributed by atoms with van der Waals surface area (Å²) in [6, 6.07) is 4.27. The zero-order chi connectivity index (χ0) is 14.0. The minimum absolute atomic E-state index is 0.300. The summed E-state index contributed by atoms with van der Waals surface area (Å²) in [4.78, 5) is 2.76. The second-order valence-electron chi connectivity index (χ2n) is 5.09. The molecule has 1 aromatic rings.